The van der Waals surface area contributed by atoms with Crippen molar-refractivity contribution in [2.24, 2.45) is 0 Å². The molecule has 2 N–H and O–H groups in total. The highest BCUT2D eigenvalue weighted by Gasteiger charge is 2.34. The Kier molecular flexibility index (Phi) is 4.50. The molecule has 1 fully saturated rings. The minimum atomic E-state index is -0.370. The lowest BCUT2D eigenvalue weighted by Crippen LogP contribution is -2.40. The maximum Gasteiger partial charge on any atom is 0.325 e. The van der Waals surface area contributed by atoms with E-state index in [1.54, 1.807) is 23.4 Å². The number of carbonyl (C=O) groups excluding carboxylic acids is 2. The average molecular weight is 294 g/mol. The van der Waals surface area contributed by atoms with E-state index in [-0.39, 0.29) is 31.0 Å². The second kappa shape index (κ2) is 6.15. The van der Waals surface area contributed by atoms with Gasteiger partial charge >= 0.3 is 5.97 Å². The number of esters is 1. The van der Waals surface area contributed by atoms with Crippen LogP contribution in [0.25, 0.3) is 0 Å². The van der Waals surface area contributed by atoms with Crippen LogP contribution in [0.15, 0.2) is 0 Å². The third kappa shape index (κ3) is 3.53. The van der Waals surface area contributed by atoms with Gasteiger partial charge < -0.3 is 15.4 Å². The van der Waals surface area contributed by atoms with Crippen molar-refractivity contribution in [2.45, 2.75) is 46.2 Å². The fourth-order valence-electron chi connectivity index (χ4n) is 2.24. The van der Waals surface area contributed by atoms with E-state index in [0.717, 1.165) is 18.5 Å². The van der Waals surface area contributed by atoms with E-state index in [1.165, 1.54) is 0 Å². The molecule has 1 heterocycles. The molecular weight excluding hydrogens is 272 g/mol. The van der Waals surface area contributed by atoms with Gasteiger partial charge in [0.2, 0.25) is 5.91 Å². The van der Waals surface area contributed by atoms with Gasteiger partial charge in [0.1, 0.15) is 13.1 Å². The Balaban J connectivity index is 2.05. The van der Waals surface area contributed by atoms with Crippen molar-refractivity contribution in [1.29, 1.82) is 0 Å². The predicted octanol–water partition coefficient (Wildman–Crippen LogP) is 0.636. The molecule has 2 rings (SSSR count). The smallest absolute Gasteiger partial charge is 0.325 e. The number of anilines is 1. The van der Waals surface area contributed by atoms with Crippen molar-refractivity contribution in [3.05, 3.63) is 11.4 Å². The highest BCUT2D eigenvalue weighted by Crippen LogP contribution is 2.27. The number of aryl methyl sites for hydroxylation is 1. The zero-order valence-corrected chi connectivity index (χ0v) is 12.8. The molecule has 0 atom stereocenters. The van der Waals surface area contributed by atoms with Crippen molar-refractivity contribution >= 4 is 17.6 Å². The molecule has 1 aliphatic rings. The van der Waals surface area contributed by atoms with E-state index < -0.39 is 0 Å². The zero-order chi connectivity index (χ0) is 15.6. The average Bonchev–Trinajstić information content (AvgIpc) is 3.23. The van der Waals surface area contributed by atoms with E-state index in [9.17, 15) is 9.59 Å². The lowest BCUT2D eigenvalue weighted by Gasteiger charge is -2.21. The molecule has 0 spiro atoms. The van der Waals surface area contributed by atoms with Gasteiger partial charge in [-0.25, -0.2) is 0 Å². The van der Waals surface area contributed by atoms with E-state index in [2.05, 4.69) is 5.10 Å². The number of nitrogen functional groups attached to an aromatic ring is 1. The quantitative estimate of drug-likeness (QED) is 0.777. The first-order chi connectivity index (χ1) is 9.93. The summed E-state index contributed by atoms with van der Waals surface area (Å²) < 4.78 is 6.51. The van der Waals surface area contributed by atoms with Crippen LogP contribution in [0.2, 0.25) is 0 Å². The molecule has 21 heavy (non-hydrogen) atoms. The summed E-state index contributed by atoms with van der Waals surface area (Å²) in [6.07, 6.45) is 1.87. The number of nitrogens with two attached hydrogens (primary N) is 1. The van der Waals surface area contributed by atoms with Crippen LogP contribution in [0.3, 0.4) is 0 Å². The summed E-state index contributed by atoms with van der Waals surface area (Å²) in [7, 11) is 0. The van der Waals surface area contributed by atoms with Gasteiger partial charge in [-0.2, -0.15) is 5.10 Å². The van der Waals surface area contributed by atoms with Crippen molar-refractivity contribution in [2.75, 3.05) is 18.9 Å². The molecule has 7 nitrogen and oxygen atoms in total. The number of carbonyl (C=O) groups is 2. The summed E-state index contributed by atoms with van der Waals surface area (Å²) in [6.45, 7) is 5.81. The first-order valence-corrected chi connectivity index (χ1v) is 7.18. The monoisotopic (exact) mass is 294 g/mol. The van der Waals surface area contributed by atoms with E-state index >= 15 is 0 Å². The minimum absolute atomic E-state index is 0.00607. The van der Waals surface area contributed by atoms with E-state index in [0.29, 0.717) is 18.0 Å². The van der Waals surface area contributed by atoms with Gasteiger partial charge in [-0.15, -0.1) is 0 Å². The fourth-order valence-corrected chi connectivity index (χ4v) is 2.24. The van der Waals surface area contributed by atoms with Gasteiger partial charge in [0.15, 0.2) is 0 Å². The van der Waals surface area contributed by atoms with Crippen LogP contribution in [0.1, 0.15) is 31.2 Å². The standard InChI is InChI=1S/C14H22N4O3/c1-4-21-13(20)8-17(11-5-6-11)12(19)7-18-10(3)14(15)9(2)16-18/h11H,4-8,15H2,1-3H3. The third-order valence-corrected chi connectivity index (χ3v) is 3.64. The molecule has 1 aromatic heterocycles. The Morgan fingerprint density at radius 1 is 1.43 bits per heavy atom. The summed E-state index contributed by atoms with van der Waals surface area (Å²) in [6, 6.07) is 0.149. The van der Waals surface area contributed by atoms with Gasteiger partial charge in [-0.1, -0.05) is 0 Å². The molecule has 0 radical (unpaired) electrons. The summed E-state index contributed by atoms with van der Waals surface area (Å²) >= 11 is 0. The minimum Gasteiger partial charge on any atom is -0.465 e. The molecule has 7 heteroatoms. The number of ether oxygens (including phenoxy) is 1. The summed E-state index contributed by atoms with van der Waals surface area (Å²) in [4.78, 5) is 25.6. The first kappa shape index (κ1) is 15.3. The molecule has 1 aliphatic carbocycles. The lowest BCUT2D eigenvalue weighted by atomic mass is 10.3. The molecule has 1 aromatic rings. The lowest BCUT2D eigenvalue weighted by molar-refractivity contribution is -0.149. The summed E-state index contributed by atoms with van der Waals surface area (Å²) in [5.41, 5.74) is 7.95. The van der Waals surface area contributed by atoms with Gasteiger partial charge in [0, 0.05) is 6.04 Å². The maximum absolute atomic E-state index is 12.4. The Hall–Kier alpha value is -2.05. The highest BCUT2D eigenvalue weighted by atomic mass is 16.5. The fraction of sp³-hybridized carbons (Fsp3) is 0.643. The number of aromatic nitrogens is 2. The van der Waals surface area contributed by atoms with E-state index in [4.69, 9.17) is 10.5 Å². The van der Waals surface area contributed by atoms with Gasteiger partial charge in [-0.05, 0) is 33.6 Å². The Morgan fingerprint density at radius 2 is 2.10 bits per heavy atom. The van der Waals surface area contributed by atoms with Crippen LogP contribution in [0.5, 0.6) is 0 Å². The normalized spacial score (nSPS) is 14.0. The number of nitrogens with zero attached hydrogens (tertiary/aromatic N) is 3. The number of amides is 1. The second-order valence-corrected chi connectivity index (χ2v) is 5.30. The van der Waals surface area contributed by atoms with Crippen molar-refractivity contribution in [1.82, 2.24) is 14.7 Å². The van der Waals surface area contributed by atoms with Crippen molar-refractivity contribution in [3.8, 4) is 0 Å². The molecule has 1 amide bonds. The molecule has 0 bridgehead atoms. The summed E-state index contributed by atoms with van der Waals surface area (Å²) in [5.74, 6) is -0.498. The molecule has 116 valence electrons. The van der Waals surface area contributed by atoms with Gasteiger partial charge in [0.05, 0.1) is 23.7 Å². The van der Waals surface area contributed by atoms with E-state index in [1.807, 2.05) is 6.92 Å². The van der Waals surface area contributed by atoms with Crippen LogP contribution < -0.4 is 5.73 Å². The first-order valence-electron chi connectivity index (χ1n) is 7.18. The second-order valence-electron chi connectivity index (χ2n) is 5.30. The summed E-state index contributed by atoms with van der Waals surface area (Å²) in [5, 5.41) is 4.26. The van der Waals surface area contributed by atoms with Gasteiger partial charge in [-0.3, -0.25) is 14.3 Å². The van der Waals surface area contributed by atoms with Crippen LogP contribution in [-0.4, -0.2) is 45.8 Å². The molecule has 0 unspecified atom stereocenters. The molecule has 1 saturated carbocycles. The topological polar surface area (TPSA) is 90.5 Å². The van der Waals surface area contributed by atoms with Crippen molar-refractivity contribution < 1.29 is 14.3 Å². The van der Waals surface area contributed by atoms with Crippen LogP contribution in [0.4, 0.5) is 5.69 Å². The van der Waals surface area contributed by atoms with Crippen LogP contribution in [0, 0.1) is 13.8 Å². The maximum atomic E-state index is 12.4. The van der Waals surface area contributed by atoms with Crippen LogP contribution in [-0.2, 0) is 20.9 Å². The Bertz CT molecular complexity index is 549. The molecule has 0 aliphatic heterocycles. The number of hydrogen-bond donors (Lipinski definition) is 1. The largest absolute Gasteiger partial charge is 0.465 e. The predicted molar refractivity (Wildman–Crippen MR) is 77.5 cm³/mol. The molecule has 0 saturated heterocycles. The third-order valence-electron chi connectivity index (χ3n) is 3.64. The van der Waals surface area contributed by atoms with Crippen LogP contribution >= 0.6 is 0 Å². The Labute approximate surface area is 124 Å². The Morgan fingerprint density at radius 3 is 2.57 bits per heavy atom. The molecule has 0 aromatic carbocycles. The SMILES string of the molecule is CCOC(=O)CN(C(=O)Cn1nc(C)c(N)c1C)C1CC1. The zero-order valence-electron chi connectivity index (χ0n) is 12.8. The molecular formula is C14H22N4O3. The number of rotatable bonds is 6. The van der Waals surface area contributed by atoms with Crippen molar-refractivity contribution in [3.63, 3.8) is 0 Å². The highest BCUT2D eigenvalue weighted by molar-refractivity contribution is 5.82. The van der Waals surface area contributed by atoms with Gasteiger partial charge in [0.25, 0.3) is 0 Å². The number of hydrogen-bond acceptors (Lipinski definition) is 5.